The monoisotopic (exact) mass is 802 g/mol. The summed E-state index contributed by atoms with van der Waals surface area (Å²) < 4.78 is 297. The van der Waals surface area contributed by atoms with Gasteiger partial charge in [-0.2, -0.15) is 114 Å². The van der Waals surface area contributed by atoms with E-state index >= 15 is 0 Å². The molecule has 0 nitrogen and oxygen atoms in total. The van der Waals surface area contributed by atoms with Crippen molar-refractivity contribution in [1.29, 1.82) is 0 Å². The predicted molar refractivity (Wildman–Crippen MR) is 107 cm³/mol. The number of alkyl halides is 20. The van der Waals surface area contributed by atoms with E-state index in [-0.39, 0.29) is 11.3 Å². The van der Waals surface area contributed by atoms with Gasteiger partial charge < -0.3 is 0 Å². The van der Waals surface area contributed by atoms with Crippen LogP contribution < -0.4 is 0 Å². The van der Waals surface area contributed by atoms with Gasteiger partial charge in [-0.05, 0) is 0 Å². The average Bonchev–Trinajstić information content (AvgIpc) is 2.99. The van der Waals surface area contributed by atoms with Crippen molar-refractivity contribution in [3.8, 4) is 0 Å². The predicted octanol–water partition coefficient (Wildman–Crippen LogP) is 11.8. The van der Waals surface area contributed by atoms with Gasteiger partial charge in [0.05, 0.1) is 0 Å². The van der Waals surface area contributed by atoms with Crippen molar-refractivity contribution in [2.24, 2.45) is 0 Å². The first-order valence-electron chi connectivity index (χ1n) is 8.65. The Labute approximate surface area is 247 Å². The van der Waals surface area contributed by atoms with Gasteiger partial charge in [0.25, 0.3) is 0 Å². The zero-order valence-electron chi connectivity index (χ0n) is 19.0. The van der Waals surface area contributed by atoms with E-state index in [1.54, 1.807) is 0 Å². The van der Waals surface area contributed by atoms with Gasteiger partial charge in [0.15, 0.2) is 15.3 Å². The maximum absolute atomic E-state index is 11.8. The third kappa shape index (κ3) is 16.0. The van der Waals surface area contributed by atoms with Crippen LogP contribution in [0.4, 0.5) is 114 Å². The molecule has 1 aromatic heterocycles. The lowest BCUT2D eigenvalue weighted by Crippen LogP contribution is -2.49. The first-order chi connectivity index (χ1) is 19.3. The molecular weight excluding hydrogens is 802 g/mol. The van der Waals surface area contributed by atoms with Crippen LogP contribution in [0.3, 0.4) is 0 Å². The summed E-state index contributed by atoms with van der Waals surface area (Å²) in [7, 11) is 0. The molecule has 0 fully saturated rings. The second kappa shape index (κ2) is 16.3. The van der Waals surface area contributed by atoms with Crippen LogP contribution >= 0.6 is 47.9 Å². The van der Waals surface area contributed by atoms with Crippen LogP contribution in [0.5, 0.6) is 0 Å². The fourth-order valence-corrected chi connectivity index (χ4v) is 2.17. The Kier molecular flexibility index (Phi) is 17.2. The summed E-state index contributed by atoms with van der Waals surface area (Å²) in [5.74, 6) is -9.49. The highest BCUT2D eigenvalue weighted by atomic mass is 32.2. The minimum atomic E-state index is -6.32. The Morgan fingerprint density at radius 1 is 0.489 bits per heavy atom. The fraction of sp³-hybridized carbons (Fsp3) is 0.467. The van der Waals surface area contributed by atoms with Crippen LogP contribution in [0, 0.1) is 21.9 Å². The summed E-state index contributed by atoms with van der Waals surface area (Å²) in [6.07, 6.45) is -35.0. The van der Waals surface area contributed by atoms with Gasteiger partial charge in [0.2, 0.25) is 27.1 Å². The summed E-state index contributed by atoms with van der Waals surface area (Å²) in [6, 6.07) is 0. The lowest BCUT2D eigenvalue weighted by atomic mass is 10.2. The molecule has 0 aliphatic rings. The van der Waals surface area contributed by atoms with Gasteiger partial charge in [0.1, 0.15) is 12.1 Å². The van der Waals surface area contributed by atoms with E-state index in [0.29, 0.717) is 0 Å². The number of hydrogen-bond donors (Lipinski definition) is 0. The summed E-state index contributed by atoms with van der Waals surface area (Å²) in [6.45, 7) is 0. The topological polar surface area (TPSA) is 0 Å². The zero-order chi connectivity index (χ0) is 37.5. The molecule has 0 amide bonds. The minimum Gasteiger partial charge on any atom is -0.199 e. The fourth-order valence-electron chi connectivity index (χ4n) is 1.23. The highest BCUT2D eigenvalue weighted by Crippen LogP contribution is 2.44. The molecule has 0 saturated heterocycles. The molecule has 1 aromatic rings. The van der Waals surface area contributed by atoms with Gasteiger partial charge in [-0.3, -0.25) is 0 Å². The van der Waals surface area contributed by atoms with Crippen molar-refractivity contribution in [2.75, 3.05) is 0 Å². The SMILES string of the molecule is FC(F)(F)C(=S)C(F)(F)C(F)(F)F.FC(F)(F)C(=S)C(F)(F)F.FSC(F)=C(C(F)(F)F)C(F)(F)F.Fc1sc(F)c(F)c1F. The van der Waals surface area contributed by atoms with Crippen molar-refractivity contribution < 1.29 is 114 Å². The molecule has 0 aliphatic carbocycles. The van der Waals surface area contributed by atoms with Crippen LogP contribution in [0.1, 0.15) is 0 Å². The van der Waals surface area contributed by atoms with Crippen LogP contribution in [0.25, 0.3) is 0 Å². The number of thiophene rings is 1. The maximum Gasteiger partial charge on any atom is 0.459 e. The standard InChI is InChI=1S/2C4F8S.C4F4S.C3F6S/c5-2(6,4(10,11)12)1(13)3(7,8)9;5-2(13-12)1(3(6,7)8)4(9,10)11;5-1-2(6)4(8)9-3(1)7;4-2(5,6)1(10)3(7,8)9. The average molecular weight is 802 g/mol. The van der Waals surface area contributed by atoms with Crippen molar-refractivity contribution in [2.45, 2.75) is 43.0 Å². The largest absolute Gasteiger partial charge is 0.459 e. The number of rotatable bonds is 2. The molecular formula is C15F26S4. The lowest BCUT2D eigenvalue weighted by Gasteiger charge is -2.21. The Hall–Kier alpha value is -1.85. The molecule has 45 heavy (non-hydrogen) atoms. The molecule has 0 aromatic carbocycles. The van der Waals surface area contributed by atoms with Gasteiger partial charge in [-0.25, -0.2) is 0 Å². The van der Waals surface area contributed by atoms with Crippen molar-refractivity contribution >= 4 is 57.6 Å². The van der Waals surface area contributed by atoms with Gasteiger partial charge in [0, 0.05) is 0 Å². The second-order valence-electron chi connectivity index (χ2n) is 6.22. The van der Waals surface area contributed by atoms with Crippen LogP contribution in [0.2, 0.25) is 0 Å². The van der Waals surface area contributed by atoms with Crippen LogP contribution in [0.15, 0.2) is 10.7 Å². The van der Waals surface area contributed by atoms with Gasteiger partial charge in [-0.15, -0.1) is 0 Å². The van der Waals surface area contributed by atoms with Crippen molar-refractivity contribution in [3.05, 3.63) is 32.6 Å². The van der Waals surface area contributed by atoms with E-state index in [2.05, 4.69) is 24.4 Å². The van der Waals surface area contributed by atoms with E-state index in [0.717, 1.165) is 0 Å². The molecule has 30 heteroatoms. The Bertz CT molecular complexity index is 1100. The van der Waals surface area contributed by atoms with E-state index in [1.165, 1.54) is 0 Å². The van der Waals surface area contributed by atoms with Crippen LogP contribution in [-0.2, 0) is 0 Å². The van der Waals surface area contributed by atoms with Crippen molar-refractivity contribution in [1.82, 2.24) is 0 Å². The minimum absolute atomic E-state index is 0.188. The smallest absolute Gasteiger partial charge is 0.199 e. The molecule has 0 bridgehead atoms. The molecule has 0 atom stereocenters. The van der Waals surface area contributed by atoms with Gasteiger partial charge in [-0.1, -0.05) is 35.8 Å². The van der Waals surface area contributed by atoms with E-state index < -0.39 is 97.5 Å². The first-order valence-corrected chi connectivity index (χ1v) is 11.0. The Morgan fingerprint density at radius 3 is 0.822 bits per heavy atom. The third-order valence-corrected chi connectivity index (χ3v) is 4.97. The molecule has 0 spiro atoms. The summed E-state index contributed by atoms with van der Waals surface area (Å²) in [4.78, 5) is -6.13. The number of thiocarbonyl (C=S) groups is 2. The zero-order valence-corrected chi connectivity index (χ0v) is 22.2. The second-order valence-corrected chi connectivity index (χ2v) is 8.47. The van der Waals surface area contributed by atoms with Crippen molar-refractivity contribution in [3.63, 3.8) is 0 Å². The number of hydrogen-bond acceptors (Lipinski definition) is 4. The summed E-state index contributed by atoms with van der Waals surface area (Å²) in [5, 5.41) is -5.85. The summed E-state index contributed by atoms with van der Waals surface area (Å²) >= 11 is 4.13. The quantitative estimate of drug-likeness (QED) is 0.216. The summed E-state index contributed by atoms with van der Waals surface area (Å²) in [5.41, 5.74) is -3.47. The lowest BCUT2D eigenvalue weighted by molar-refractivity contribution is -0.255. The molecule has 0 unspecified atom stereocenters. The third-order valence-electron chi connectivity index (χ3n) is 2.96. The molecule has 0 N–H and O–H groups in total. The number of halogens is 26. The first kappa shape index (κ1) is 47.6. The van der Waals surface area contributed by atoms with E-state index in [1.807, 2.05) is 0 Å². The Balaban J connectivity index is -0.000000528. The molecule has 1 rings (SSSR count). The normalized spacial score (nSPS) is 12.9. The molecule has 266 valence electrons. The Morgan fingerprint density at radius 2 is 0.756 bits per heavy atom. The van der Waals surface area contributed by atoms with E-state index in [4.69, 9.17) is 0 Å². The highest BCUT2D eigenvalue weighted by molar-refractivity contribution is 7.98. The van der Waals surface area contributed by atoms with Crippen LogP contribution in [-0.4, -0.2) is 52.7 Å². The molecule has 0 radical (unpaired) electrons. The number of allylic oxidation sites excluding steroid dienone is 1. The molecule has 0 saturated carbocycles. The highest BCUT2D eigenvalue weighted by Gasteiger charge is 2.66. The van der Waals surface area contributed by atoms with E-state index in [9.17, 15) is 114 Å². The van der Waals surface area contributed by atoms with Gasteiger partial charge >= 0.3 is 43.0 Å². The molecule has 1 heterocycles. The maximum atomic E-state index is 11.8. The molecule has 0 aliphatic heterocycles.